The van der Waals surface area contributed by atoms with Crippen LogP contribution >= 0.6 is 11.3 Å². The Kier molecular flexibility index (Phi) is 4.75. The van der Waals surface area contributed by atoms with E-state index in [9.17, 15) is 4.79 Å². The van der Waals surface area contributed by atoms with Crippen LogP contribution in [0.15, 0.2) is 54.0 Å². The molecule has 0 bridgehead atoms. The molecule has 3 heterocycles. The molecule has 1 amide bonds. The Morgan fingerprint density at radius 3 is 3.00 bits per heavy atom. The standard InChI is InChI=1S/C20H22N4OS/c1-15-8-9-16-5-2-3-7-18(16)23(15)14-20(25)22-19-10-11-21-24(19)13-17-6-4-12-26-17/h2-7,10-12,15H,8-9,13-14H2,1H3,(H,22,25). The van der Waals surface area contributed by atoms with Gasteiger partial charge in [-0.3, -0.25) is 4.79 Å². The summed E-state index contributed by atoms with van der Waals surface area (Å²) in [7, 11) is 0. The van der Waals surface area contributed by atoms with Gasteiger partial charge in [-0.2, -0.15) is 5.10 Å². The summed E-state index contributed by atoms with van der Waals surface area (Å²) < 4.78 is 1.83. The van der Waals surface area contributed by atoms with Crippen molar-refractivity contribution in [1.29, 1.82) is 0 Å². The Hall–Kier alpha value is -2.60. The zero-order valence-corrected chi connectivity index (χ0v) is 15.6. The van der Waals surface area contributed by atoms with Gasteiger partial charge in [0.1, 0.15) is 5.82 Å². The predicted octanol–water partition coefficient (Wildman–Crippen LogP) is 3.77. The first-order valence-corrected chi connectivity index (χ1v) is 9.77. The second-order valence-corrected chi connectivity index (χ2v) is 7.68. The molecule has 134 valence electrons. The first kappa shape index (κ1) is 16.8. The molecule has 3 aromatic rings. The van der Waals surface area contributed by atoms with Gasteiger partial charge in [0, 0.05) is 22.7 Å². The molecule has 0 radical (unpaired) electrons. The van der Waals surface area contributed by atoms with Crippen LogP contribution in [0.5, 0.6) is 0 Å². The number of fused-ring (bicyclic) bond motifs is 1. The third-order valence-corrected chi connectivity index (χ3v) is 5.71. The van der Waals surface area contributed by atoms with Crippen molar-refractivity contribution >= 4 is 28.7 Å². The Bertz CT molecular complexity index is 887. The van der Waals surface area contributed by atoms with E-state index in [2.05, 4.69) is 46.5 Å². The zero-order valence-electron chi connectivity index (χ0n) is 14.8. The fourth-order valence-corrected chi connectivity index (χ4v) is 4.14. The van der Waals surface area contributed by atoms with E-state index in [1.54, 1.807) is 17.5 Å². The summed E-state index contributed by atoms with van der Waals surface area (Å²) in [6, 6.07) is 14.7. The minimum absolute atomic E-state index is 0.0125. The Morgan fingerprint density at radius 2 is 2.15 bits per heavy atom. The number of carbonyl (C=O) groups is 1. The zero-order chi connectivity index (χ0) is 17.9. The SMILES string of the molecule is CC1CCc2ccccc2N1CC(=O)Nc1ccnn1Cc1cccs1. The molecule has 1 aliphatic heterocycles. The summed E-state index contributed by atoms with van der Waals surface area (Å²) >= 11 is 1.69. The number of nitrogens with one attached hydrogen (secondary N) is 1. The van der Waals surface area contributed by atoms with Crippen molar-refractivity contribution in [3.05, 3.63) is 64.5 Å². The molecular weight excluding hydrogens is 344 g/mol. The highest BCUT2D eigenvalue weighted by Crippen LogP contribution is 2.30. The first-order chi connectivity index (χ1) is 12.7. The van der Waals surface area contributed by atoms with E-state index >= 15 is 0 Å². The topological polar surface area (TPSA) is 50.2 Å². The fourth-order valence-electron chi connectivity index (χ4n) is 3.45. The van der Waals surface area contributed by atoms with E-state index in [4.69, 9.17) is 0 Å². The normalized spacial score (nSPS) is 16.3. The maximum Gasteiger partial charge on any atom is 0.245 e. The molecular formula is C20H22N4OS. The number of hydrogen-bond acceptors (Lipinski definition) is 4. The van der Waals surface area contributed by atoms with Gasteiger partial charge >= 0.3 is 0 Å². The van der Waals surface area contributed by atoms with E-state index in [-0.39, 0.29) is 5.91 Å². The Morgan fingerprint density at radius 1 is 1.27 bits per heavy atom. The van der Waals surface area contributed by atoms with E-state index in [0.717, 1.165) is 18.7 Å². The second-order valence-electron chi connectivity index (χ2n) is 6.65. The molecule has 5 nitrogen and oxygen atoms in total. The smallest absolute Gasteiger partial charge is 0.245 e. The number of rotatable bonds is 5. The van der Waals surface area contributed by atoms with E-state index in [0.29, 0.717) is 19.1 Å². The summed E-state index contributed by atoms with van der Waals surface area (Å²) in [6.45, 7) is 3.20. The number of benzene rings is 1. The number of carbonyl (C=O) groups excluding carboxylic acids is 1. The maximum absolute atomic E-state index is 12.7. The highest BCUT2D eigenvalue weighted by molar-refractivity contribution is 7.09. The van der Waals surface area contributed by atoms with Gasteiger partial charge in [-0.15, -0.1) is 11.3 Å². The molecule has 4 rings (SSSR count). The molecule has 0 saturated carbocycles. The number of para-hydroxylation sites is 1. The van der Waals surface area contributed by atoms with Crippen LogP contribution in [0, 0.1) is 0 Å². The van der Waals surface area contributed by atoms with Crippen molar-refractivity contribution in [3.8, 4) is 0 Å². The lowest BCUT2D eigenvalue weighted by Gasteiger charge is -2.36. The number of aromatic nitrogens is 2. The summed E-state index contributed by atoms with van der Waals surface area (Å²) in [5, 5.41) is 9.41. The molecule has 1 unspecified atom stereocenters. The summed E-state index contributed by atoms with van der Waals surface area (Å²) in [6.07, 6.45) is 3.87. The van der Waals surface area contributed by atoms with Crippen molar-refractivity contribution in [1.82, 2.24) is 9.78 Å². The summed E-state index contributed by atoms with van der Waals surface area (Å²) in [4.78, 5) is 16.1. The number of amides is 1. The van der Waals surface area contributed by atoms with Gasteiger partial charge in [-0.05, 0) is 42.8 Å². The number of nitrogens with zero attached hydrogens (tertiary/aromatic N) is 3. The average molecular weight is 366 g/mol. The van der Waals surface area contributed by atoms with E-state index < -0.39 is 0 Å². The van der Waals surface area contributed by atoms with E-state index in [1.165, 1.54) is 16.1 Å². The average Bonchev–Trinajstić information content (AvgIpc) is 3.30. The van der Waals surface area contributed by atoms with Crippen LogP contribution in [0.2, 0.25) is 0 Å². The minimum Gasteiger partial charge on any atom is -0.359 e. The lowest BCUT2D eigenvalue weighted by atomic mass is 9.97. The van der Waals surface area contributed by atoms with Crippen LogP contribution in [-0.2, 0) is 17.8 Å². The van der Waals surface area contributed by atoms with Crippen molar-refractivity contribution in [2.45, 2.75) is 32.4 Å². The molecule has 0 spiro atoms. The largest absolute Gasteiger partial charge is 0.359 e. The van der Waals surface area contributed by atoms with E-state index in [1.807, 2.05) is 28.3 Å². The highest BCUT2D eigenvalue weighted by Gasteiger charge is 2.24. The first-order valence-electron chi connectivity index (χ1n) is 8.89. The van der Waals surface area contributed by atoms with Crippen LogP contribution in [-0.4, -0.2) is 28.3 Å². The predicted molar refractivity (Wildman–Crippen MR) is 106 cm³/mol. The fraction of sp³-hybridized carbons (Fsp3) is 0.300. The van der Waals surface area contributed by atoms with Gasteiger partial charge in [-0.1, -0.05) is 24.3 Å². The quantitative estimate of drug-likeness (QED) is 0.748. The molecule has 0 fully saturated rings. The van der Waals surface area contributed by atoms with Gasteiger partial charge < -0.3 is 10.2 Å². The Labute approximate surface area is 157 Å². The molecule has 1 atom stereocenters. The molecule has 1 aliphatic rings. The molecule has 0 saturated heterocycles. The van der Waals surface area contributed by atoms with Gasteiger partial charge in [0.05, 0.1) is 19.3 Å². The van der Waals surface area contributed by atoms with Crippen molar-refractivity contribution in [2.75, 3.05) is 16.8 Å². The maximum atomic E-state index is 12.7. The lowest BCUT2D eigenvalue weighted by molar-refractivity contribution is -0.115. The van der Waals surface area contributed by atoms with Crippen LogP contribution < -0.4 is 10.2 Å². The number of anilines is 2. The van der Waals surface area contributed by atoms with Gasteiger partial charge in [0.2, 0.25) is 5.91 Å². The van der Waals surface area contributed by atoms with Crippen LogP contribution in [0.25, 0.3) is 0 Å². The molecule has 2 aromatic heterocycles. The highest BCUT2D eigenvalue weighted by atomic mass is 32.1. The molecule has 26 heavy (non-hydrogen) atoms. The summed E-state index contributed by atoms with van der Waals surface area (Å²) in [5.41, 5.74) is 2.50. The monoisotopic (exact) mass is 366 g/mol. The van der Waals surface area contributed by atoms with Gasteiger partial charge in [0.15, 0.2) is 0 Å². The molecule has 6 heteroatoms. The number of aryl methyl sites for hydroxylation is 1. The van der Waals surface area contributed by atoms with Crippen molar-refractivity contribution in [3.63, 3.8) is 0 Å². The van der Waals surface area contributed by atoms with Gasteiger partial charge in [-0.25, -0.2) is 4.68 Å². The van der Waals surface area contributed by atoms with Crippen LogP contribution in [0.4, 0.5) is 11.5 Å². The number of thiophene rings is 1. The van der Waals surface area contributed by atoms with Gasteiger partial charge in [0.25, 0.3) is 0 Å². The minimum atomic E-state index is -0.0125. The van der Waals surface area contributed by atoms with Crippen molar-refractivity contribution < 1.29 is 4.79 Å². The van der Waals surface area contributed by atoms with Crippen LogP contribution in [0.1, 0.15) is 23.8 Å². The molecule has 1 N–H and O–H groups in total. The molecule has 0 aliphatic carbocycles. The third kappa shape index (κ3) is 3.51. The number of hydrogen-bond donors (Lipinski definition) is 1. The third-order valence-electron chi connectivity index (χ3n) is 4.85. The van der Waals surface area contributed by atoms with Crippen LogP contribution in [0.3, 0.4) is 0 Å². The van der Waals surface area contributed by atoms with Crippen molar-refractivity contribution in [2.24, 2.45) is 0 Å². The Balaban J connectivity index is 1.46. The lowest BCUT2D eigenvalue weighted by Crippen LogP contribution is -2.42. The summed E-state index contributed by atoms with van der Waals surface area (Å²) in [5.74, 6) is 0.725. The molecule has 1 aromatic carbocycles. The second kappa shape index (κ2) is 7.33.